The lowest BCUT2D eigenvalue weighted by atomic mass is 10.2. The zero-order valence-corrected chi connectivity index (χ0v) is 8.51. The summed E-state index contributed by atoms with van der Waals surface area (Å²) in [4.78, 5) is 0. The largest absolute Gasteiger partial charge is 0.356 e. The normalized spacial score (nSPS) is 11.7. The van der Waals surface area contributed by atoms with Crippen LogP contribution in [0.1, 0.15) is 19.3 Å². The zero-order chi connectivity index (χ0) is 9.23. The van der Waals surface area contributed by atoms with Crippen molar-refractivity contribution < 1.29 is 9.47 Å². The number of allylic oxidation sites excluding steroid dienone is 2. The third-order valence-corrected chi connectivity index (χ3v) is 1.76. The van der Waals surface area contributed by atoms with E-state index < -0.39 is 0 Å². The Morgan fingerprint density at radius 2 is 1.75 bits per heavy atom. The summed E-state index contributed by atoms with van der Waals surface area (Å²) >= 11 is 5.50. The zero-order valence-electron chi connectivity index (χ0n) is 7.75. The van der Waals surface area contributed by atoms with Crippen molar-refractivity contribution in [2.24, 2.45) is 0 Å². The minimum atomic E-state index is -0.0781. The van der Waals surface area contributed by atoms with Crippen LogP contribution in [-0.4, -0.2) is 26.4 Å². The molecule has 0 unspecified atom stereocenters. The third-order valence-electron chi connectivity index (χ3n) is 1.54. The van der Waals surface area contributed by atoms with Crippen LogP contribution in [0.5, 0.6) is 0 Å². The molecule has 0 rings (SSSR count). The molecule has 0 aromatic heterocycles. The first kappa shape index (κ1) is 11.9. The molecule has 0 amide bonds. The Bertz CT molecular complexity index is 111. The summed E-state index contributed by atoms with van der Waals surface area (Å²) < 4.78 is 10.0. The Labute approximate surface area is 79.5 Å². The Hall–Kier alpha value is -0.0500. The van der Waals surface area contributed by atoms with E-state index in [9.17, 15) is 0 Å². The molecule has 0 aromatic carbocycles. The number of ether oxygens (including phenoxy) is 2. The summed E-state index contributed by atoms with van der Waals surface area (Å²) in [5.74, 6) is 0.689. The van der Waals surface area contributed by atoms with Crippen molar-refractivity contribution in [3.63, 3.8) is 0 Å². The van der Waals surface area contributed by atoms with Gasteiger partial charge in [-0.1, -0.05) is 12.2 Å². The van der Waals surface area contributed by atoms with E-state index in [4.69, 9.17) is 21.1 Å². The molecule has 0 saturated carbocycles. The van der Waals surface area contributed by atoms with Crippen LogP contribution in [-0.2, 0) is 9.47 Å². The summed E-state index contributed by atoms with van der Waals surface area (Å²) in [5, 5.41) is 0. The molecule has 0 heterocycles. The quantitative estimate of drug-likeness (QED) is 0.351. The summed E-state index contributed by atoms with van der Waals surface area (Å²) in [6.45, 7) is 0. The molecule has 0 saturated heterocycles. The molecule has 0 aliphatic carbocycles. The maximum atomic E-state index is 5.50. The minimum absolute atomic E-state index is 0.0781. The monoisotopic (exact) mass is 192 g/mol. The van der Waals surface area contributed by atoms with Crippen molar-refractivity contribution in [1.82, 2.24) is 0 Å². The van der Waals surface area contributed by atoms with Gasteiger partial charge >= 0.3 is 0 Å². The molecule has 0 atom stereocenters. The van der Waals surface area contributed by atoms with Gasteiger partial charge in [0, 0.05) is 26.5 Å². The molecule has 0 fully saturated rings. The highest BCUT2D eigenvalue weighted by atomic mass is 35.5. The number of alkyl halides is 1. The molecule has 0 N–H and O–H groups in total. The number of rotatable bonds is 7. The van der Waals surface area contributed by atoms with Gasteiger partial charge in [-0.3, -0.25) is 0 Å². The Morgan fingerprint density at radius 3 is 2.25 bits per heavy atom. The van der Waals surface area contributed by atoms with E-state index in [2.05, 4.69) is 12.2 Å². The number of halogens is 1. The highest BCUT2D eigenvalue weighted by Crippen LogP contribution is 2.02. The molecule has 0 aliphatic heterocycles. The van der Waals surface area contributed by atoms with E-state index in [1.807, 2.05) is 0 Å². The van der Waals surface area contributed by atoms with Crippen molar-refractivity contribution in [2.45, 2.75) is 25.6 Å². The highest BCUT2D eigenvalue weighted by Gasteiger charge is 2.01. The molecule has 0 spiro atoms. The van der Waals surface area contributed by atoms with Gasteiger partial charge in [-0.05, 0) is 12.8 Å². The van der Waals surface area contributed by atoms with Crippen molar-refractivity contribution in [2.75, 3.05) is 20.1 Å². The SMILES string of the molecule is COC(CCC=CCCCl)OC. The Morgan fingerprint density at radius 1 is 1.17 bits per heavy atom. The maximum Gasteiger partial charge on any atom is 0.157 e. The van der Waals surface area contributed by atoms with Gasteiger partial charge in [-0.15, -0.1) is 11.6 Å². The van der Waals surface area contributed by atoms with Gasteiger partial charge in [0.25, 0.3) is 0 Å². The fourth-order valence-corrected chi connectivity index (χ4v) is 0.989. The molecule has 0 radical (unpaired) electrons. The lowest BCUT2D eigenvalue weighted by Gasteiger charge is -2.10. The van der Waals surface area contributed by atoms with Gasteiger partial charge < -0.3 is 9.47 Å². The van der Waals surface area contributed by atoms with Gasteiger partial charge in [0.15, 0.2) is 6.29 Å². The number of methoxy groups -OCH3 is 2. The van der Waals surface area contributed by atoms with Crippen molar-refractivity contribution >= 4 is 11.6 Å². The fraction of sp³-hybridized carbons (Fsp3) is 0.778. The molecular formula is C9H17ClO2. The van der Waals surface area contributed by atoms with Crippen LogP contribution < -0.4 is 0 Å². The average Bonchev–Trinajstić information content (AvgIpc) is 2.11. The molecule has 72 valence electrons. The van der Waals surface area contributed by atoms with Crippen LogP contribution in [0.2, 0.25) is 0 Å². The summed E-state index contributed by atoms with van der Waals surface area (Å²) in [7, 11) is 3.30. The van der Waals surface area contributed by atoms with Gasteiger partial charge in [0.1, 0.15) is 0 Å². The molecule has 2 nitrogen and oxygen atoms in total. The van der Waals surface area contributed by atoms with Crippen LogP contribution in [0.25, 0.3) is 0 Å². The topological polar surface area (TPSA) is 18.5 Å². The van der Waals surface area contributed by atoms with Crippen molar-refractivity contribution in [3.8, 4) is 0 Å². The summed E-state index contributed by atoms with van der Waals surface area (Å²) in [6.07, 6.45) is 6.91. The fourth-order valence-electron chi connectivity index (χ4n) is 0.863. The second-order valence-electron chi connectivity index (χ2n) is 2.43. The molecule has 0 bridgehead atoms. The third kappa shape index (κ3) is 6.65. The van der Waals surface area contributed by atoms with E-state index in [0.717, 1.165) is 19.3 Å². The van der Waals surface area contributed by atoms with E-state index >= 15 is 0 Å². The molecule has 0 aromatic rings. The van der Waals surface area contributed by atoms with Gasteiger partial charge in [0.2, 0.25) is 0 Å². The van der Waals surface area contributed by atoms with Crippen LogP contribution in [0.3, 0.4) is 0 Å². The van der Waals surface area contributed by atoms with E-state index in [0.29, 0.717) is 5.88 Å². The van der Waals surface area contributed by atoms with Crippen molar-refractivity contribution in [3.05, 3.63) is 12.2 Å². The molecule has 0 aliphatic rings. The van der Waals surface area contributed by atoms with Crippen LogP contribution in [0.15, 0.2) is 12.2 Å². The van der Waals surface area contributed by atoms with Gasteiger partial charge in [-0.25, -0.2) is 0 Å². The average molecular weight is 193 g/mol. The maximum absolute atomic E-state index is 5.50. The predicted octanol–water partition coefficient (Wildman–Crippen LogP) is 2.57. The summed E-state index contributed by atoms with van der Waals surface area (Å²) in [5.41, 5.74) is 0. The van der Waals surface area contributed by atoms with Gasteiger partial charge in [0.05, 0.1) is 0 Å². The minimum Gasteiger partial charge on any atom is -0.356 e. The smallest absolute Gasteiger partial charge is 0.157 e. The second kappa shape index (κ2) is 9.04. The van der Waals surface area contributed by atoms with E-state index in [1.165, 1.54) is 0 Å². The van der Waals surface area contributed by atoms with Gasteiger partial charge in [-0.2, -0.15) is 0 Å². The van der Waals surface area contributed by atoms with E-state index in [-0.39, 0.29) is 6.29 Å². The van der Waals surface area contributed by atoms with Crippen LogP contribution in [0, 0.1) is 0 Å². The molecular weight excluding hydrogens is 176 g/mol. The number of hydrogen-bond acceptors (Lipinski definition) is 2. The summed E-state index contributed by atoms with van der Waals surface area (Å²) in [6, 6.07) is 0. The van der Waals surface area contributed by atoms with Crippen LogP contribution >= 0.6 is 11.6 Å². The molecule has 12 heavy (non-hydrogen) atoms. The van der Waals surface area contributed by atoms with E-state index in [1.54, 1.807) is 14.2 Å². The lowest BCUT2D eigenvalue weighted by molar-refractivity contribution is -0.105. The molecule has 3 heteroatoms. The highest BCUT2D eigenvalue weighted by molar-refractivity contribution is 6.17. The lowest BCUT2D eigenvalue weighted by Crippen LogP contribution is -2.11. The first-order valence-corrected chi connectivity index (χ1v) is 4.65. The van der Waals surface area contributed by atoms with Crippen molar-refractivity contribution in [1.29, 1.82) is 0 Å². The second-order valence-corrected chi connectivity index (χ2v) is 2.81. The van der Waals surface area contributed by atoms with Crippen LogP contribution in [0.4, 0.5) is 0 Å². The standard InChI is InChI=1S/C9H17ClO2/c1-11-9(12-2)7-5-3-4-6-8-10/h3-4,9H,5-8H2,1-2H3. The Kier molecular flexibility index (Phi) is 9.00. The first-order valence-electron chi connectivity index (χ1n) is 4.11. The first-order chi connectivity index (χ1) is 5.85. The predicted molar refractivity (Wildman–Crippen MR) is 51.5 cm³/mol. The Balaban J connectivity index is 3.27. The number of hydrogen-bond donors (Lipinski definition) is 0.